The number of hydrogen-bond acceptors (Lipinski definition) is 4. The molecule has 2 heterocycles. The Morgan fingerprint density at radius 3 is 3.13 bits per heavy atom. The second-order valence-corrected chi connectivity index (χ2v) is 4.11. The Morgan fingerprint density at radius 1 is 1.60 bits per heavy atom. The zero-order valence-electron chi connectivity index (χ0n) is 7.66. The van der Waals surface area contributed by atoms with Crippen molar-refractivity contribution >= 4 is 28.8 Å². The molecule has 0 radical (unpaired) electrons. The van der Waals surface area contributed by atoms with Crippen LogP contribution in [0.2, 0.25) is 5.02 Å². The number of pyridine rings is 1. The van der Waals surface area contributed by atoms with Crippen LogP contribution < -0.4 is 10.2 Å². The van der Waals surface area contributed by atoms with Crippen LogP contribution in [0, 0.1) is 0 Å². The number of thiazole rings is 1. The number of aromatic amines is 1. The Labute approximate surface area is 94.9 Å². The topological polar surface area (TPSA) is 57.8 Å². The average Bonchev–Trinajstić information content (AvgIpc) is 2.63. The van der Waals surface area contributed by atoms with Gasteiger partial charge in [-0.05, 0) is 12.1 Å². The molecular formula is C9H8ClN3OS. The lowest BCUT2D eigenvalue weighted by Gasteiger charge is -2.04. The lowest BCUT2D eigenvalue weighted by Crippen LogP contribution is -2.04. The summed E-state index contributed by atoms with van der Waals surface area (Å²) < 4.78 is 0. The zero-order valence-corrected chi connectivity index (χ0v) is 9.23. The van der Waals surface area contributed by atoms with E-state index < -0.39 is 0 Å². The van der Waals surface area contributed by atoms with E-state index in [2.05, 4.69) is 15.3 Å². The molecule has 2 aromatic heterocycles. The highest BCUT2D eigenvalue weighted by Crippen LogP contribution is 2.17. The Bertz CT molecular complexity index is 508. The minimum Gasteiger partial charge on any atom is -0.363 e. The third kappa shape index (κ3) is 2.57. The van der Waals surface area contributed by atoms with Crippen LogP contribution in [0.1, 0.15) is 5.69 Å². The molecule has 0 aliphatic heterocycles. The van der Waals surface area contributed by atoms with E-state index in [1.807, 2.05) is 0 Å². The highest BCUT2D eigenvalue weighted by Gasteiger charge is 2.00. The number of hydrogen-bond donors (Lipinski definition) is 2. The van der Waals surface area contributed by atoms with Crippen molar-refractivity contribution in [2.75, 3.05) is 5.32 Å². The van der Waals surface area contributed by atoms with Gasteiger partial charge in [-0.15, -0.1) is 0 Å². The van der Waals surface area contributed by atoms with Gasteiger partial charge in [-0.2, -0.15) is 0 Å². The molecule has 6 heteroatoms. The maximum atomic E-state index is 10.9. The number of aromatic nitrogens is 2. The van der Waals surface area contributed by atoms with Gasteiger partial charge >= 0.3 is 4.87 Å². The van der Waals surface area contributed by atoms with E-state index in [0.29, 0.717) is 17.4 Å². The van der Waals surface area contributed by atoms with Crippen molar-refractivity contribution in [1.82, 2.24) is 9.97 Å². The van der Waals surface area contributed by atoms with Gasteiger partial charge in [-0.25, -0.2) is 4.98 Å². The van der Waals surface area contributed by atoms with E-state index >= 15 is 0 Å². The number of halogens is 1. The van der Waals surface area contributed by atoms with Gasteiger partial charge in [0.1, 0.15) is 5.82 Å². The third-order valence-corrected chi connectivity index (χ3v) is 2.80. The summed E-state index contributed by atoms with van der Waals surface area (Å²) in [6, 6.07) is 3.52. The van der Waals surface area contributed by atoms with E-state index in [9.17, 15) is 4.79 Å². The van der Waals surface area contributed by atoms with E-state index in [4.69, 9.17) is 11.6 Å². The average molecular weight is 242 g/mol. The van der Waals surface area contributed by atoms with E-state index in [1.165, 1.54) is 0 Å². The largest absolute Gasteiger partial charge is 0.363 e. The molecule has 0 amide bonds. The van der Waals surface area contributed by atoms with Crippen LogP contribution in [0.15, 0.2) is 28.5 Å². The molecule has 0 bridgehead atoms. The van der Waals surface area contributed by atoms with Crippen LogP contribution in [0.25, 0.3) is 0 Å². The first-order valence-electron chi connectivity index (χ1n) is 4.27. The van der Waals surface area contributed by atoms with Gasteiger partial charge in [-0.1, -0.05) is 22.9 Å². The zero-order chi connectivity index (χ0) is 10.7. The van der Waals surface area contributed by atoms with E-state index in [0.717, 1.165) is 17.0 Å². The van der Waals surface area contributed by atoms with Gasteiger partial charge in [0.05, 0.1) is 11.6 Å². The van der Waals surface area contributed by atoms with Crippen LogP contribution in [-0.4, -0.2) is 9.97 Å². The molecule has 0 atom stereocenters. The fraction of sp³-hybridized carbons (Fsp3) is 0.111. The molecule has 15 heavy (non-hydrogen) atoms. The summed E-state index contributed by atoms with van der Waals surface area (Å²) in [6.07, 6.45) is 1.66. The lowest BCUT2D eigenvalue weighted by atomic mass is 10.4. The van der Waals surface area contributed by atoms with Crippen molar-refractivity contribution in [2.45, 2.75) is 6.54 Å². The molecule has 78 valence electrons. The molecular weight excluding hydrogens is 234 g/mol. The summed E-state index contributed by atoms with van der Waals surface area (Å²) in [4.78, 5) is 17.6. The minimum atomic E-state index is -0.0566. The maximum absolute atomic E-state index is 10.9. The molecule has 0 unspecified atom stereocenters. The van der Waals surface area contributed by atoms with Crippen molar-refractivity contribution < 1.29 is 0 Å². The van der Waals surface area contributed by atoms with Gasteiger partial charge in [0.15, 0.2) is 0 Å². The van der Waals surface area contributed by atoms with Crippen molar-refractivity contribution in [2.24, 2.45) is 0 Å². The molecule has 2 aromatic rings. The molecule has 0 aliphatic rings. The van der Waals surface area contributed by atoms with Crippen molar-refractivity contribution in [1.29, 1.82) is 0 Å². The van der Waals surface area contributed by atoms with Crippen LogP contribution >= 0.6 is 22.9 Å². The van der Waals surface area contributed by atoms with E-state index in [1.54, 1.807) is 23.7 Å². The second kappa shape index (κ2) is 4.46. The fourth-order valence-corrected chi connectivity index (χ4v) is 1.87. The standard InChI is InChI=1S/C9H8ClN3OS/c10-7-2-1-3-11-8(7)12-4-6-5-15-9(14)13-6/h1-3,5H,4H2,(H,11,12)(H,13,14). The number of anilines is 1. The summed E-state index contributed by atoms with van der Waals surface area (Å²) >= 11 is 7.04. The van der Waals surface area contributed by atoms with Crippen LogP contribution in [-0.2, 0) is 6.54 Å². The monoisotopic (exact) mass is 241 g/mol. The third-order valence-electron chi connectivity index (χ3n) is 1.78. The van der Waals surface area contributed by atoms with Crippen LogP contribution in [0.4, 0.5) is 5.82 Å². The smallest absolute Gasteiger partial charge is 0.304 e. The SMILES string of the molecule is O=c1[nH]c(CNc2ncccc2Cl)cs1. The Kier molecular flexibility index (Phi) is 3.03. The highest BCUT2D eigenvalue weighted by molar-refractivity contribution is 7.07. The van der Waals surface area contributed by atoms with Gasteiger partial charge < -0.3 is 10.3 Å². The predicted molar refractivity (Wildman–Crippen MR) is 61.5 cm³/mol. The summed E-state index contributed by atoms with van der Waals surface area (Å²) in [7, 11) is 0. The van der Waals surface area contributed by atoms with Crippen LogP contribution in [0.3, 0.4) is 0 Å². The van der Waals surface area contributed by atoms with E-state index in [-0.39, 0.29) is 4.87 Å². The normalized spacial score (nSPS) is 10.2. The summed E-state index contributed by atoms with van der Waals surface area (Å²) in [5.41, 5.74) is 0.826. The fourth-order valence-electron chi connectivity index (χ4n) is 1.10. The molecule has 2 rings (SSSR count). The number of rotatable bonds is 3. The van der Waals surface area contributed by atoms with Crippen molar-refractivity contribution in [3.63, 3.8) is 0 Å². The van der Waals surface area contributed by atoms with Gasteiger partial charge in [0.25, 0.3) is 0 Å². The Hall–Kier alpha value is -1.33. The molecule has 2 N–H and O–H groups in total. The Balaban J connectivity index is 2.05. The molecule has 0 aliphatic carbocycles. The molecule has 0 fully saturated rings. The molecule has 0 saturated heterocycles. The number of nitrogens with one attached hydrogen (secondary N) is 2. The van der Waals surface area contributed by atoms with Gasteiger partial charge in [-0.3, -0.25) is 4.79 Å². The first kappa shape index (κ1) is 10.2. The first-order valence-corrected chi connectivity index (χ1v) is 5.52. The second-order valence-electron chi connectivity index (χ2n) is 2.86. The minimum absolute atomic E-state index is 0.0566. The van der Waals surface area contributed by atoms with Crippen molar-refractivity contribution in [3.8, 4) is 0 Å². The lowest BCUT2D eigenvalue weighted by molar-refractivity contribution is 1.04. The van der Waals surface area contributed by atoms with Gasteiger partial charge in [0, 0.05) is 17.3 Å². The quantitative estimate of drug-likeness (QED) is 0.865. The number of H-pyrrole nitrogens is 1. The molecule has 4 nitrogen and oxygen atoms in total. The number of nitrogens with zero attached hydrogens (tertiary/aromatic N) is 1. The molecule has 0 saturated carbocycles. The van der Waals surface area contributed by atoms with Crippen LogP contribution in [0.5, 0.6) is 0 Å². The summed E-state index contributed by atoms with van der Waals surface area (Å²) in [5, 5.41) is 5.37. The molecule has 0 aromatic carbocycles. The predicted octanol–water partition coefficient (Wildman–Crippen LogP) is 2.10. The molecule has 0 spiro atoms. The maximum Gasteiger partial charge on any atom is 0.304 e. The van der Waals surface area contributed by atoms with Crippen molar-refractivity contribution in [3.05, 3.63) is 44.1 Å². The van der Waals surface area contributed by atoms with Gasteiger partial charge in [0.2, 0.25) is 0 Å². The summed E-state index contributed by atoms with van der Waals surface area (Å²) in [5.74, 6) is 0.617. The first-order chi connectivity index (χ1) is 7.25. The highest BCUT2D eigenvalue weighted by atomic mass is 35.5. The summed E-state index contributed by atoms with van der Waals surface area (Å²) in [6.45, 7) is 0.509. The Morgan fingerprint density at radius 2 is 2.47 bits per heavy atom.